The molecular formula is C15H20N2O. The Hall–Kier alpha value is -1.79. The monoisotopic (exact) mass is 244 g/mol. The fourth-order valence-corrected chi connectivity index (χ4v) is 1.66. The van der Waals surface area contributed by atoms with E-state index in [1.165, 1.54) is 0 Å². The summed E-state index contributed by atoms with van der Waals surface area (Å²) in [5.41, 5.74) is 6.92. The van der Waals surface area contributed by atoms with Gasteiger partial charge < -0.3 is 11.1 Å². The number of rotatable bonds is 7. The average molecular weight is 244 g/mol. The van der Waals surface area contributed by atoms with Crippen molar-refractivity contribution in [3.05, 3.63) is 35.9 Å². The summed E-state index contributed by atoms with van der Waals surface area (Å²) in [7, 11) is 0. The van der Waals surface area contributed by atoms with Crippen molar-refractivity contribution in [2.24, 2.45) is 5.73 Å². The highest BCUT2D eigenvalue weighted by Crippen LogP contribution is 2.02. The first kappa shape index (κ1) is 14.3. The Labute approximate surface area is 109 Å². The van der Waals surface area contributed by atoms with E-state index >= 15 is 0 Å². The van der Waals surface area contributed by atoms with Gasteiger partial charge in [-0.25, -0.2) is 0 Å². The molecule has 3 nitrogen and oxygen atoms in total. The first-order valence-electron chi connectivity index (χ1n) is 6.24. The number of amides is 1. The van der Waals surface area contributed by atoms with Crippen molar-refractivity contribution in [2.45, 2.75) is 31.7 Å². The molecule has 1 amide bonds. The minimum Gasteiger partial charge on any atom is -0.355 e. The summed E-state index contributed by atoms with van der Waals surface area (Å²) >= 11 is 0. The maximum absolute atomic E-state index is 11.7. The van der Waals surface area contributed by atoms with Crippen molar-refractivity contribution < 1.29 is 4.79 Å². The topological polar surface area (TPSA) is 55.1 Å². The van der Waals surface area contributed by atoms with Gasteiger partial charge in [-0.15, -0.1) is 12.3 Å². The highest BCUT2D eigenvalue weighted by atomic mass is 16.2. The minimum atomic E-state index is -0.486. The third-order valence-electron chi connectivity index (χ3n) is 2.68. The van der Waals surface area contributed by atoms with Gasteiger partial charge in [0.05, 0.1) is 6.04 Å². The van der Waals surface area contributed by atoms with Crippen molar-refractivity contribution in [1.29, 1.82) is 0 Å². The van der Waals surface area contributed by atoms with Crippen LogP contribution in [0.5, 0.6) is 0 Å². The maximum atomic E-state index is 11.7. The molecule has 0 heterocycles. The van der Waals surface area contributed by atoms with Gasteiger partial charge in [0.15, 0.2) is 0 Å². The normalized spacial score (nSPS) is 11.6. The number of carbonyl (C=O) groups excluding carboxylic acids is 1. The smallest absolute Gasteiger partial charge is 0.237 e. The first-order chi connectivity index (χ1) is 8.74. The predicted octanol–water partition coefficient (Wildman–Crippen LogP) is 1.48. The summed E-state index contributed by atoms with van der Waals surface area (Å²) in [6, 6.07) is 9.29. The molecule has 1 aromatic carbocycles. The second kappa shape index (κ2) is 8.32. The van der Waals surface area contributed by atoms with Gasteiger partial charge in [-0.2, -0.15) is 0 Å². The number of hydrogen-bond donors (Lipinski definition) is 2. The Morgan fingerprint density at radius 2 is 2.06 bits per heavy atom. The molecule has 0 spiro atoms. The van der Waals surface area contributed by atoms with E-state index in [0.717, 1.165) is 24.8 Å². The van der Waals surface area contributed by atoms with Gasteiger partial charge in [0.25, 0.3) is 0 Å². The molecule has 0 aliphatic rings. The second-order valence-corrected chi connectivity index (χ2v) is 4.25. The van der Waals surface area contributed by atoms with Gasteiger partial charge >= 0.3 is 0 Å². The van der Waals surface area contributed by atoms with Gasteiger partial charge in [0.1, 0.15) is 0 Å². The van der Waals surface area contributed by atoms with Crippen LogP contribution in [0.25, 0.3) is 0 Å². The van der Waals surface area contributed by atoms with Gasteiger partial charge in [-0.1, -0.05) is 30.3 Å². The molecule has 0 aliphatic carbocycles. The van der Waals surface area contributed by atoms with Crippen molar-refractivity contribution in [3.63, 3.8) is 0 Å². The lowest BCUT2D eigenvalue weighted by Gasteiger charge is -2.12. The summed E-state index contributed by atoms with van der Waals surface area (Å²) in [6.07, 6.45) is 8.30. The Kier molecular flexibility index (Phi) is 6.60. The van der Waals surface area contributed by atoms with E-state index in [2.05, 4.69) is 11.2 Å². The molecule has 3 heteroatoms. The molecule has 0 radical (unpaired) electrons. The number of hydrogen-bond acceptors (Lipinski definition) is 2. The summed E-state index contributed by atoms with van der Waals surface area (Å²) in [5, 5.41) is 2.83. The van der Waals surface area contributed by atoms with Crippen molar-refractivity contribution in [2.75, 3.05) is 6.54 Å². The van der Waals surface area contributed by atoms with E-state index in [4.69, 9.17) is 12.2 Å². The van der Waals surface area contributed by atoms with Crippen LogP contribution in [0.15, 0.2) is 30.3 Å². The van der Waals surface area contributed by atoms with Crippen LogP contribution < -0.4 is 11.1 Å². The van der Waals surface area contributed by atoms with Crippen LogP contribution in [0.2, 0.25) is 0 Å². The van der Waals surface area contributed by atoms with Gasteiger partial charge in [-0.05, 0) is 24.8 Å². The van der Waals surface area contributed by atoms with Crippen molar-refractivity contribution >= 4 is 5.91 Å². The third kappa shape index (κ3) is 5.51. The van der Waals surface area contributed by atoms with E-state index in [-0.39, 0.29) is 5.91 Å². The molecule has 0 aromatic heterocycles. The number of nitrogens with two attached hydrogens (primary N) is 1. The highest BCUT2D eigenvalue weighted by molar-refractivity contribution is 5.81. The molecule has 0 bridgehead atoms. The molecule has 3 N–H and O–H groups in total. The third-order valence-corrected chi connectivity index (χ3v) is 2.68. The summed E-state index contributed by atoms with van der Waals surface area (Å²) in [4.78, 5) is 11.7. The zero-order chi connectivity index (χ0) is 13.2. The fourth-order valence-electron chi connectivity index (χ4n) is 1.66. The zero-order valence-corrected chi connectivity index (χ0v) is 10.6. The Morgan fingerprint density at radius 1 is 1.33 bits per heavy atom. The first-order valence-corrected chi connectivity index (χ1v) is 6.24. The minimum absolute atomic E-state index is 0.0976. The van der Waals surface area contributed by atoms with E-state index in [0.29, 0.717) is 13.0 Å². The number of nitrogens with one attached hydrogen (secondary N) is 1. The number of carbonyl (C=O) groups is 1. The van der Waals surface area contributed by atoms with Crippen LogP contribution in [-0.4, -0.2) is 18.5 Å². The van der Waals surface area contributed by atoms with Gasteiger partial charge in [0, 0.05) is 13.0 Å². The lowest BCUT2D eigenvalue weighted by molar-refractivity contribution is -0.122. The van der Waals surface area contributed by atoms with Crippen LogP contribution in [-0.2, 0) is 11.2 Å². The van der Waals surface area contributed by atoms with Gasteiger partial charge in [0.2, 0.25) is 5.91 Å². The molecule has 96 valence electrons. The number of benzene rings is 1. The SMILES string of the molecule is C#CCCCCNC(=O)C(N)Cc1ccccc1. The zero-order valence-electron chi connectivity index (χ0n) is 10.6. The van der Waals surface area contributed by atoms with Crippen LogP contribution in [0.4, 0.5) is 0 Å². The number of terminal acetylenes is 1. The molecule has 1 aromatic rings. The molecule has 0 saturated carbocycles. The number of unbranched alkanes of at least 4 members (excludes halogenated alkanes) is 2. The summed E-state index contributed by atoms with van der Waals surface area (Å²) < 4.78 is 0. The highest BCUT2D eigenvalue weighted by Gasteiger charge is 2.12. The molecule has 1 atom stereocenters. The quantitative estimate of drug-likeness (QED) is 0.564. The summed E-state index contributed by atoms with van der Waals surface area (Å²) in [6.45, 7) is 0.642. The van der Waals surface area contributed by atoms with Crippen LogP contribution in [0.3, 0.4) is 0 Å². The Morgan fingerprint density at radius 3 is 2.72 bits per heavy atom. The lowest BCUT2D eigenvalue weighted by atomic mass is 10.1. The average Bonchev–Trinajstić information content (AvgIpc) is 2.39. The van der Waals surface area contributed by atoms with E-state index in [1.807, 2.05) is 30.3 Å². The van der Waals surface area contributed by atoms with E-state index < -0.39 is 6.04 Å². The second-order valence-electron chi connectivity index (χ2n) is 4.25. The van der Waals surface area contributed by atoms with Gasteiger partial charge in [-0.3, -0.25) is 4.79 Å². The Balaban J connectivity index is 2.23. The van der Waals surface area contributed by atoms with E-state index in [1.54, 1.807) is 0 Å². The molecule has 0 aliphatic heterocycles. The molecule has 0 saturated heterocycles. The van der Waals surface area contributed by atoms with Crippen LogP contribution in [0.1, 0.15) is 24.8 Å². The summed E-state index contributed by atoms with van der Waals surface area (Å²) in [5.74, 6) is 2.48. The molecule has 1 rings (SSSR count). The van der Waals surface area contributed by atoms with Crippen LogP contribution >= 0.6 is 0 Å². The largest absolute Gasteiger partial charge is 0.355 e. The predicted molar refractivity (Wildman–Crippen MR) is 73.8 cm³/mol. The fraction of sp³-hybridized carbons (Fsp3) is 0.400. The lowest BCUT2D eigenvalue weighted by Crippen LogP contribution is -2.42. The molecular weight excluding hydrogens is 224 g/mol. The standard InChI is InChI=1S/C15H20N2O/c1-2-3-4-8-11-17-15(18)14(16)12-13-9-6-5-7-10-13/h1,5-7,9-10,14H,3-4,8,11-12,16H2,(H,17,18). The Bertz CT molecular complexity index is 395. The van der Waals surface area contributed by atoms with Crippen molar-refractivity contribution in [3.8, 4) is 12.3 Å². The molecule has 18 heavy (non-hydrogen) atoms. The molecule has 1 unspecified atom stereocenters. The molecule has 0 fully saturated rings. The van der Waals surface area contributed by atoms with Crippen molar-refractivity contribution in [1.82, 2.24) is 5.32 Å². The van der Waals surface area contributed by atoms with Crippen LogP contribution in [0, 0.1) is 12.3 Å². The van der Waals surface area contributed by atoms with E-state index in [9.17, 15) is 4.79 Å². The maximum Gasteiger partial charge on any atom is 0.237 e.